The monoisotopic (exact) mass is 409 g/mol. The van der Waals surface area contributed by atoms with Crippen molar-refractivity contribution >= 4 is 11.6 Å². The number of halogens is 3. The summed E-state index contributed by atoms with van der Waals surface area (Å²) in [5.74, 6) is -0.326. The van der Waals surface area contributed by atoms with Crippen LogP contribution in [0.5, 0.6) is 5.75 Å². The van der Waals surface area contributed by atoms with E-state index in [4.69, 9.17) is 4.74 Å². The number of hydrogen-bond donors (Lipinski definition) is 1. The maximum absolute atomic E-state index is 14.5. The van der Waals surface area contributed by atoms with Crippen molar-refractivity contribution in [3.63, 3.8) is 0 Å². The lowest BCUT2D eigenvalue weighted by Crippen LogP contribution is -2.10. The van der Waals surface area contributed by atoms with E-state index in [1.54, 1.807) is 10.5 Å². The highest BCUT2D eigenvalue weighted by molar-refractivity contribution is 5.78. The Labute approximate surface area is 168 Å². The van der Waals surface area contributed by atoms with Crippen LogP contribution in [0, 0.1) is 17.5 Å². The standard InChI is InChI=1S/C21H14F3N5O/c22-10-1-2-11(16(24)5-10)13-7-25-21(29-9-27-28-20(13)29)26-8-14-15(23)3-4-17-19(14)12-6-18(12)30-17/h1-5,7,9,12,18H,6,8H2,(H,25,26). The van der Waals surface area contributed by atoms with Crippen LogP contribution in [0.3, 0.4) is 0 Å². The molecule has 30 heavy (non-hydrogen) atoms. The van der Waals surface area contributed by atoms with Crippen molar-refractivity contribution in [2.24, 2.45) is 0 Å². The first kappa shape index (κ1) is 17.3. The lowest BCUT2D eigenvalue weighted by molar-refractivity contribution is 0.318. The SMILES string of the molecule is Fc1ccc(-c2cnc(NCc3c(F)ccc4c3C3CC3O4)n3cnnc23)c(F)c1. The van der Waals surface area contributed by atoms with Crippen molar-refractivity contribution < 1.29 is 17.9 Å². The first-order chi connectivity index (χ1) is 14.6. The maximum Gasteiger partial charge on any atom is 0.210 e. The van der Waals surface area contributed by atoms with Crippen molar-refractivity contribution in [1.82, 2.24) is 19.6 Å². The third kappa shape index (κ3) is 2.54. The fourth-order valence-electron chi connectivity index (χ4n) is 4.09. The summed E-state index contributed by atoms with van der Waals surface area (Å²) in [7, 11) is 0. The molecule has 0 bridgehead atoms. The fourth-order valence-corrected chi connectivity index (χ4v) is 4.09. The van der Waals surface area contributed by atoms with Crippen LogP contribution in [0.25, 0.3) is 16.8 Å². The van der Waals surface area contributed by atoms with Gasteiger partial charge in [-0.25, -0.2) is 18.2 Å². The quantitative estimate of drug-likeness (QED) is 0.551. The lowest BCUT2D eigenvalue weighted by Gasteiger charge is -2.14. The molecule has 0 spiro atoms. The normalized spacial score (nSPS) is 18.8. The number of anilines is 1. The number of hydrogen-bond acceptors (Lipinski definition) is 5. The van der Waals surface area contributed by atoms with E-state index in [1.807, 2.05) is 0 Å². The van der Waals surface area contributed by atoms with Gasteiger partial charge in [0, 0.05) is 47.0 Å². The first-order valence-electron chi connectivity index (χ1n) is 9.46. The zero-order valence-corrected chi connectivity index (χ0v) is 15.4. The van der Waals surface area contributed by atoms with Gasteiger partial charge in [-0.1, -0.05) is 0 Å². The molecule has 2 atom stereocenters. The average molecular weight is 409 g/mol. The summed E-state index contributed by atoms with van der Waals surface area (Å²) < 4.78 is 49.4. The summed E-state index contributed by atoms with van der Waals surface area (Å²) in [6, 6.07) is 6.38. The smallest absolute Gasteiger partial charge is 0.210 e. The summed E-state index contributed by atoms with van der Waals surface area (Å²) in [6.07, 6.45) is 3.94. The van der Waals surface area contributed by atoms with Crippen LogP contribution in [-0.4, -0.2) is 25.7 Å². The molecule has 4 aromatic rings. The Morgan fingerprint density at radius 3 is 2.87 bits per heavy atom. The molecule has 2 aromatic heterocycles. The van der Waals surface area contributed by atoms with Crippen LogP contribution in [0.2, 0.25) is 0 Å². The average Bonchev–Trinajstić information content (AvgIpc) is 3.15. The highest BCUT2D eigenvalue weighted by atomic mass is 19.1. The predicted molar refractivity (Wildman–Crippen MR) is 102 cm³/mol. The van der Waals surface area contributed by atoms with Crippen LogP contribution in [-0.2, 0) is 6.54 Å². The van der Waals surface area contributed by atoms with Crippen molar-refractivity contribution in [1.29, 1.82) is 0 Å². The van der Waals surface area contributed by atoms with Gasteiger partial charge >= 0.3 is 0 Å². The van der Waals surface area contributed by atoms with Gasteiger partial charge in [0.05, 0.1) is 0 Å². The minimum Gasteiger partial charge on any atom is -0.489 e. The summed E-state index contributed by atoms with van der Waals surface area (Å²) in [6.45, 7) is 0.201. The summed E-state index contributed by atoms with van der Waals surface area (Å²) in [5, 5.41) is 11.1. The number of aromatic nitrogens is 4. The van der Waals surface area contributed by atoms with Crippen molar-refractivity contribution in [3.8, 4) is 16.9 Å². The van der Waals surface area contributed by atoms with Gasteiger partial charge in [0.2, 0.25) is 5.95 Å². The van der Waals surface area contributed by atoms with Crippen LogP contribution in [0.15, 0.2) is 42.9 Å². The molecule has 6 rings (SSSR count). The van der Waals surface area contributed by atoms with Gasteiger partial charge in [-0.2, -0.15) is 0 Å². The molecule has 0 radical (unpaired) electrons. The van der Waals surface area contributed by atoms with E-state index in [-0.39, 0.29) is 29.9 Å². The molecule has 2 unspecified atom stereocenters. The van der Waals surface area contributed by atoms with Crippen molar-refractivity contribution in [2.75, 3.05) is 5.32 Å². The second-order valence-electron chi connectivity index (χ2n) is 7.43. The molecule has 1 aliphatic carbocycles. The molecule has 2 aromatic carbocycles. The molecular formula is C21H14F3N5O. The number of rotatable bonds is 4. The van der Waals surface area contributed by atoms with Crippen LogP contribution in [0.1, 0.15) is 23.5 Å². The second kappa shape index (κ2) is 6.19. The molecular weight excluding hydrogens is 395 g/mol. The molecule has 0 amide bonds. The van der Waals surface area contributed by atoms with Gasteiger partial charge in [-0.15, -0.1) is 10.2 Å². The van der Waals surface area contributed by atoms with Gasteiger partial charge in [-0.3, -0.25) is 4.40 Å². The number of ether oxygens (including phenoxy) is 1. The van der Waals surface area contributed by atoms with E-state index in [9.17, 15) is 13.2 Å². The van der Waals surface area contributed by atoms with E-state index >= 15 is 0 Å². The number of nitrogens with one attached hydrogen (secondary N) is 1. The van der Waals surface area contributed by atoms with Gasteiger partial charge in [-0.05, 0) is 30.7 Å². The third-order valence-corrected chi connectivity index (χ3v) is 5.62. The topological polar surface area (TPSA) is 64.3 Å². The molecule has 1 aliphatic heterocycles. The summed E-state index contributed by atoms with van der Waals surface area (Å²) in [5.41, 5.74) is 2.35. The summed E-state index contributed by atoms with van der Waals surface area (Å²) in [4.78, 5) is 4.34. The Kier molecular flexibility index (Phi) is 3.56. The molecule has 1 saturated carbocycles. The van der Waals surface area contributed by atoms with E-state index in [0.29, 0.717) is 22.7 Å². The molecule has 2 aliphatic rings. The molecule has 1 N–H and O–H groups in total. The van der Waals surface area contributed by atoms with Gasteiger partial charge in [0.1, 0.15) is 35.6 Å². The Balaban J connectivity index is 1.36. The van der Waals surface area contributed by atoms with Gasteiger partial charge in [0.15, 0.2) is 5.65 Å². The molecule has 6 nitrogen and oxygen atoms in total. The highest BCUT2D eigenvalue weighted by Crippen LogP contribution is 2.55. The Bertz CT molecular complexity index is 1320. The third-order valence-electron chi connectivity index (χ3n) is 5.62. The first-order valence-corrected chi connectivity index (χ1v) is 9.46. The predicted octanol–water partition coefficient (Wildman–Crippen LogP) is 4.07. The lowest BCUT2D eigenvalue weighted by atomic mass is 10.0. The highest BCUT2D eigenvalue weighted by Gasteiger charge is 2.49. The van der Waals surface area contributed by atoms with Crippen molar-refractivity contribution in [3.05, 3.63) is 71.4 Å². The zero-order valence-electron chi connectivity index (χ0n) is 15.4. The number of nitrogens with zero attached hydrogens (tertiary/aromatic N) is 4. The van der Waals surface area contributed by atoms with Crippen LogP contribution >= 0.6 is 0 Å². The van der Waals surface area contributed by atoms with E-state index in [2.05, 4.69) is 20.5 Å². The maximum atomic E-state index is 14.5. The molecule has 150 valence electrons. The zero-order chi connectivity index (χ0) is 20.4. The largest absolute Gasteiger partial charge is 0.489 e. The Morgan fingerprint density at radius 1 is 1.10 bits per heavy atom. The van der Waals surface area contributed by atoms with E-state index < -0.39 is 11.6 Å². The second-order valence-corrected chi connectivity index (χ2v) is 7.43. The van der Waals surface area contributed by atoms with Gasteiger partial charge in [0.25, 0.3) is 0 Å². The van der Waals surface area contributed by atoms with Crippen LogP contribution < -0.4 is 10.1 Å². The Morgan fingerprint density at radius 2 is 2.00 bits per heavy atom. The van der Waals surface area contributed by atoms with E-state index in [1.165, 1.54) is 30.7 Å². The molecule has 9 heteroatoms. The molecule has 0 saturated heterocycles. The Hall–Kier alpha value is -3.62. The molecule has 1 fully saturated rings. The summed E-state index contributed by atoms with van der Waals surface area (Å²) >= 11 is 0. The number of fused-ring (bicyclic) bond motifs is 4. The van der Waals surface area contributed by atoms with Crippen LogP contribution in [0.4, 0.5) is 19.1 Å². The number of benzene rings is 2. The minimum atomic E-state index is -0.719. The van der Waals surface area contributed by atoms with E-state index in [0.717, 1.165) is 23.8 Å². The van der Waals surface area contributed by atoms with Crippen molar-refractivity contribution in [2.45, 2.75) is 25.0 Å². The van der Waals surface area contributed by atoms with Gasteiger partial charge < -0.3 is 10.1 Å². The minimum absolute atomic E-state index is 0.160. The molecule has 3 heterocycles. The fraction of sp³-hybridized carbons (Fsp3) is 0.190.